The molecular weight excluding hydrogens is 282 g/mol. The van der Waals surface area contributed by atoms with Gasteiger partial charge >= 0.3 is 5.97 Å². The smallest absolute Gasteiger partial charge is 0.303 e. The maximum atomic E-state index is 12.4. The maximum Gasteiger partial charge on any atom is 0.303 e. The van der Waals surface area contributed by atoms with Crippen LogP contribution >= 0.6 is 0 Å². The molecule has 120 valence electrons. The third-order valence-electron chi connectivity index (χ3n) is 3.87. The van der Waals surface area contributed by atoms with Gasteiger partial charge in [-0.15, -0.1) is 0 Å². The molecular formula is C17H23NO4. The van der Waals surface area contributed by atoms with E-state index in [9.17, 15) is 9.59 Å². The standard InChI is InChI=1S/C17H23NO4/c1-22-15-7-3-2-6-13(15)12-18(14-10-11-14)16(19)8-4-5-9-17(20)21/h2-3,6-7,14H,4-5,8-12H2,1H3,(H,20,21). The largest absolute Gasteiger partial charge is 0.496 e. The molecule has 0 heterocycles. The summed E-state index contributed by atoms with van der Waals surface area (Å²) in [6.07, 6.45) is 3.82. The van der Waals surface area contributed by atoms with Crippen LogP contribution in [0, 0.1) is 0 Å². The lowest BCUT2D eigenvalue weighted by Gasteiger charge is -2.23. The van der Waals surface area contributed by atoms with Crippen LogP contribution in [0.15, 0.2) is 24.3 Å². The molecule has 1 fully saturated rings. The van der Waals surface area contributed by atoms with E-state index < -0.39 is 5.97 Å². The molecule has 0 aliphatic heterocycles. The van der Waals surface area contributed by atoms with Crippen molar-refractivity contribution < 1.29 is 19.4 Å². The Balaban J connectivity index is 1.92. The highest BCUT2D eigenvalue weighted by Crippen LogP contribution is 2.31. The highest BCUT2D eigenvalue weighted by Gasteiger charge is 2.32. The summed E-state index contributed by atoms with van der Waals surface area (Å²) in [5.41, 5.74) is 1.01. The fourth-order valence-electron chi connectivity index (χ4n) is 2.52. The third-order valence-corrected chi connectivity index (χ3v) is 3.87. The van der Waals surface area contributed by atoms with E-state index in [1.54, 1.807) is 7.11 Å². The molecule has 1 aliphatic rings. The van der Waals surface area contributed by atoms with Gasteiger partial charge in [0.15, 0.2) is 0 Å². The first kappa shape index (κ1) is 16.3. The van der Waals surface area contributed by atoms with Gasteiger partial charge in [0.05, 0.1) is 7.11 Å². The molecule has 5 heteroatoms. The second-order valence-electron chi connectivity index (χ2n) is 5.67. The van der Waals surface area contributed by atoms with Gasteiger partial charge in [-0.1, -0.05) is 18.2 Å². The Bertz CT molecular complexity index is 525. The number of amides is 1. The van der Waals surface area contributed by atoms with Crippen LogP contribution < -0.4 is 4.74 Å². The normalized spacial score (nSPS) is 13.7. The lowest BCUT2D eigenvalue weighted by Crippen LogP contribution is -2.32. The summed E-state index contributed by atoms with van der Waals surface area (Å²) in [5, 5.41) is 8.63. The summed E-state index contributed by atoms with van der Waals surface area (Å²) in [5.74, 6) is 0.103. The van der Waals surface area contributed by atoms with Gasteiger partial charge in [0.2, 0.25) is 5.91 Å². The van der Waals surface area contributed by atoms with E-state index in [1.165, 1.54) is 0 Å². The number of carbonyl (C=O) groups is 2. The van der Waals surface area contributed by atoms with E-state index in [0.717, 1.165) is 24.2 Å². The summed E-state index contributed by atoms with van der Waals surface area (Å²) in [4.78, 5) is 24.8. The SMILES string of the molecule is COc1ccccc1CN(C(=O)CCCCC(=O)O)C1CC1. The number of hydrogen-bond acceptors (Lipinski definition) is 3. The quantitative estimate of drug-likeness (QED) is 0.712. The molecule has 0 spiro atoms. The van der Waals surface area contributed by atoms with Crippen molar-refractivity contribution in [2.75, 3.05) is 7.11 Å². The number of carboxylic acids is 1. The molecule has 1 aliphatic carbocycles. The molecule has 0 bridgehead atoms. The van der Waals surface area contributed by atoms with Crippen molar-refractivity contribution in [3.05, 3.63) is 29.8 Å². The van der Waals surface area contributed by atoms with Gasteiger partial charge in [0.1, 0.15) is 5.75 Å². The average molecular weight is 305 g/mol. The lowest BCUT2D eigenvalue weighted by molar-refractivity contribution is -0.137. The van der Waals surface area contributed by atoms with Crippen LogP contribution in [0.25, 0.3) is 0 Å². The van der Waals surface area contributed by atoms with Crippen molar-refractivity contribution in [2.45, 2.75) is 51.1 Å². The molecule has 1 saturated carbocycles. The molecule has 0 saturated heterocycles. The molecule has 1 aromatic carbocycles. The fraction of sp³-hybridized carbons (Fsp3) is 0.529. The van der Waals surface area contributed by atoms with E-state index in [-0.39, 0.29) is 12.3 Å². The molecule has 0 unspecified atom stereocenters. The van der Waals surface area contributed by atoms with E-state index in [0.29, 0.717) is 31.8 Å². The molecule has 1 amide bonds. The third kappa shape index (κ3) is 4.76. The Labute approximate surface area is 130 Å². The number of benzene rings is 1. The van der Waals surface area contributed by atoms with Gasteiger partial charge in [-0.25, -0.2) is 0 Å². The molecule has 1 N–H and O–H groups in total. The summed E-state index contributed by atoms with van der Waals surface area (Å²) in [6.45, 7) is 0.562. The number of rotatable bonds is 9. The summed E-state index contributed by atoms with van der Waals surface area (Å²) >= 11 is 0. The number of nitrogens with zero attached hydrogens (tertiary/aromatic N) is 1. The minimum absolute atomic E-state index is 0.110. The molecule has 0 aromatic heterocycles. The summed E-state index contributed by atoms with van der Waals surface area (Å²) in [6, 6.07) is 8.07. The van der Waals surface area contributed by atoms with Gasteiger partial charge < -0.3 is 14.7 Å². The van der Waals surface area contributed by atoms with Crippen LogP contribution in [-0.2, 0) is 16.1 Å². The van der Waals surface area contributed by atoms with Crippen molar-refractivity contribution >= 4 is 11.9 Å². The van der Waals surface area contributed by atoms with Crippen LogP contribution in [-0.4, -0.2) is 35.0 Å². The Kier molecular flexibility index (Phi) is 5.81. The number of unbranched alkanes of at least 4 members (excludes halogenated alkanes) is 1. The zero-order chi connectivity index (χ0) is 15.9. The number of hydrogen-bond donors (Lipinski definition) is 1. The van der Waals surface area contributed by atoms with E-state index in [4.69, 9.17) is 9.84 Å². The fourth-order valence-corrected chi connectivity index (χ4v) is 2.52. The molecule has 22 heavy (non-hydrogen) atoms. The number of carboxylic acid groups (broad SMARTS) is 1. The molecule has 1 aromatic rings. The molecule has 5 nitrogen and oxygen atoms in total. The van der Waals surface area contributed by atoms with Crippen LogP contribution in [0.5, 0.6) is 5.75 Å². The van der Waals surface area contributed by atoms with E-state index >= 15 is 0 Å². The minimum atomic E-state index is -0.805. The Hall–Kier alpha value is -2.04. The number of methoxy groups -OCH3 is 1. The van der Waals surface area contributed by atoms with Gasteiger partial charge in [-0.3, -0.25) is 9.59 Å². The monoisotopic (exact) mass is 305 g/mol. The second-order valence-corrected chi connectivity index (χ2v) is 5.67. The van der Waals surface area contributed by atoms with Crippen LogP contribution in [0.3, 0.4) is 0 Å². The maximum absolute atomic E-state index is 12.4. The highest BCUT2D eigenvalue weighted by molar-refractivity contribution is 5.77. The van der Waals surface area contributed by atoms with Gasteiger partial charge in [0, 0.05) is 31.0 Å². The number of ether oxygens (including phenoxy) is 1. The summed E-state index contributed by atoms with van der Waals surface area (Å²) < 4.78 is 5.35. The number of para-hydroxylation sites is 1. The molecule has 0 radical (unpaired) electrons. The van der Waals surface area contributed by atoms with Gasteiger partial charge in [0.25, 0.3) is 0 Å². The Morgan fingerprint density at radius 1 is 1.23 bits per heavy atom. The van der Waals surface area contributed by atoms with Crippen molar-refractivity contribution in [1.82, 2.24) is 4.90 Å². The Morgan fingerprint density at radius 2 is 1.91 bits per heavy atom. The average Bonchev–Trinajstić information content (AvgIpc) is 3.33. The number of carbonyl (C=O) groups excluding carboxylic acids is 1. The second kappa shape index (κ2) is 7.82. The summed E-state index contributed by atoms with van der Waals surface area (Å²) in [7, 11) is 1.63. The number of aliphatic carboxylic acids is 1. The van der Waals surface area contributed by atoms with Crippen molar-refractivity contribution in [3.63, 3.8) is 0 Å². The Morgan fingerprint density at radius 3 is 2.55 bits per heavy atom. The van der Waals surface area contributed by atoms with Crippen LogP contribution in [0.2, 0.25) is 0 Å². The van der Waals surface area contributed by atoms with E-state index in [2.05, 4.69) is 0 Å². The van der Waals surface area contributed by atoms with Crippen molar-refractivity contribution in [3.8, 4) is 5.75 Å². The van der Waals surface area contributed by atoms with E-state index in [1.807, 2.05) is 29.2 Å². The zero-order valence-electron chi connectivity index (χ0n) is 13.0. The van der Waals surface area contributed by atoms with Crippen molar-refractivity contribution in [2.24, 2.45) is 0 Å². The predicted molar refractivity (Wildman–Crippen MR) is 82.7 cm³/mol. The zero-order valence-corrected chi connectivity index (χ0v) is 13.0. The highest BCUT2D eigenvalue weighted by atomic mass is 16.5. The first-order chi connectivity index (χ1) is 10.6. The molecule has 2 rings (SSSR count). The predicted octanol–water partition coefficient (Wildman–Crippen LogP) is 2.83. The van der Waals surface area contributed by atoms with Crippen LogP contribution in [0.1, 0.15) is 44.1 Å². The van der Waals surface area contributed by atoms with Crippen LogP contribution in [0.4, 0.5) is 0 Å². The van der Waals surface area contributed by atoms with Gasteiger partial charge in [-0.2, -0.15) is 0 Å². The minimum Gasteiger partial charge on any atom is -0.496 e. The van der Waals surface area contributed by atoms with Crippen molar-refractivity contribution in [1.29, 1.82) is 0 Å². The van der Waals surface area contributed by atoms with Gasteiger partial charge in [-0.05, 0) is 31.7 Å². The molecule has 0 atom stereocenters. The topological polar surface area (TPSA) is 66.8 Å². The first-order valence-electron chi connectivity index (χ1n) is 7.75. The lowest BCUT2D eigenvalue weighted by atomic mass is 10.1. The first-order valence-corrected chi connectivity index (χ1v) is 7.75.